The predicted molar refractivity (Wildman–Crippen MR) is 96.8 cm³/mol. The summed E-state index contributed by atoms with van der Waals surface area (Å²) in [7, 11) is 0. The molecule has 1 saturated heterocycles. The SMILES string of the molecule is CC(=O)c1sc(NC(=O)CCN2C(=O)CCC2=O)nc1-c1ccccc1. The molecule has 26 heavy (non-hydrogen) atoms. The predicted octanol–water partition coefficient (Wildman–Crippen LogP) is 2.49. The molecule has 0 radical (unpaired) electrons. The number of carbonyl (C=O) groups is 4. The number of imide groups is 1. The number of Topliss-reactive ketones (excluding diaryl/α,β-unsaturated/α-hetero) is 1. The van der Waals surface area contributed by atoms with Crippen molar-refractivity contribution in [1.29, 1.82) is 0 Å². The van der Waals surface area contributed by atoms with E-state index in [2.05, 4.69) is 10.3 Å². The summed E-state index contributed by atoms with van der Waals surface area (Å²) in [5, 5.41) is 2.97. The van der Waals surface area contributed by atoms with Gasteiger partial charge >= 0.3 is 0 Å². The van der Waals surface area contributed by atoms with E-state index in [4.69, 9.17) is 0 Å². The lowest BCUT2D eigenvalue weighted by molar-refractivity contribution is -0.138. The van der Waals surface area contributed by atoms with Gasteiger partial charge in [-0.05, 0) is 0 Å². The summed E-state index contributed by atoms with van der Waals surface area (Å²) in [4.78, 5) is 53.1. The second kappa shape index (κ2) is 7.57. The van der Waals surface area contributed by atoms with Gasteiger partial charge in [0.15, 0.2) is 10.9 Å². The van der Waals surface area contributed by atoms with Crippen LogP contribution in [0.4, 0.5) is 5.13 Å². The van der Waals surface area contributed by atoms with Crippen LogP contribution in [0.1, 0.15) is 35.9 Å². The van der Waals surface area contributed by atoms with Gasteiger partial charge in [0.25, 0.3) is 0 Å². The minimum Gasteiger partial charge on any atom is -0.302 e. The Labute approximate surface area is 154 Å². The second-order valence-corrected chi connectivity index (χ2v) is 6.86. The van der Waals surface area contributed by atoms with Gasteiger partial charge in [-0.3, -0.25) is 24.1 Å². The molecule has 1 aliphatic rings. The lowest BCUT2D eigenvalue weighted by atomic mass is 10.1. The summed E-state index contributed by atoms with van der Waals surface area (Å²) in [6.45, 7) is 1.51. The Morgan fingerprint density at radius 2 is 1.81 bits per heavy atom. The van der Waals surface area contributed by atoms with Gasteiger partial charge in [0.05, 0.1) is 10.6 Å². The highest BCUT2D eigenvalue weighted by Gasteiger charge is 2.29. The maximum atomic E-state index is 12.1. The van der Waals surface area contributed by atoms with E-state index in [0.717, 1.165) is 21.8 Å². The fourth-order valence-corrected chi connectivity index (χ4v) is 3.57. The van der Waals surface area contributed by atoms with Gasteiger partial charge in [-0.25, -0.2) is 4.98 Å². The van der Waals surface area contributed by atoms with Crippen molar-refractivity contribution in [2.24, 2.45) is 0 Å². The Morgan fingerprint density at radius 3 is 2.42 bits per heavy atom. The Morgan fingerprint density at radius 1 is 1.15 bits per heavy atom. The van der Waals surface area contributed by atoms with Gasteiger partial charge in [0, 0.05) is 38.3 Å². The van der Waals surface area contributed by atoms with Crippen molar-refractivity contribution < 1.29 is 19.2 Å². The first-order valence-electron chi connectivity index (χ1n) is 8.16. The number of amides is 3. The van der Waals surface area contributed by atoms with Crippen LogP contribution >= 0.6 is 11.3 Å². The molecule has 8 heteroatoms. The number of benzene rings is 1. The number of aromatic nitrogens is 1. The maximum absolute atomic E-state index is 12.1. The van der Waals surface area contributed by atoms with Gasteiger partial charge in [0.1, 0.15) is 0 Å². The smallest absolute Gasteiger partial charge is 0.229 e. The first-order chi connectivity index (χ1) is 12.5. The molecule has 0 atom stereocenters. The molecule has 7 nitrogen and oxygen atoms in total. The molecule has 0 unspecified atom stereocenters. The number of thiazole rings is 1. The number of hydrogen-bond donors (Lipinski definition) is 1. The minimum absolute atomic E-state index is 0.00681. The number of rotatable bonds is 6. The van der Waals surface area contributed by atoms with E-state index in [1.165, 1.54) is 6.92 Å². The number of hydrogen-bond acceptors (Lipinski definition) is 6. The first-order valence-corrected chi connectivity index (χ1v) is 8.97. The van der Waals surface area contributed by atoms with Crippen LogP contribution < -0.4 is 5.32 Å². The standard InChI is InChI=1S/C18H17N3O4S/c1-11(22)17-16(12-5-3-2-4-6-12)20-18(26-17)19-13(23)9-10-21-14(24)7-8-15(21)25/h2-6H,7-10H2,1H3,(H,19,20,23). The van der Waals surface area contributed by atoms with Crippen LogP contribution in [0.15, 0.2) is 30.3 Å². The van der Waals surface area contributed by atoms with Crippen LogP contribution in [0, 0.1) is 0 Å². The third kappa shape index (κ3) is 3.85. The highest BCUT2D eigenvalue weighted by molar-refractivity contribution is 7.18. The summed E-state index contributed by atoms with van der Waals surface area (Å²) in [6.07, 6.45) is 0.401. The first kappa shape index (κ1) is 17.9. The van der Waals surface area contributed by atoms with Crippen molar-refractivity contribution in [1.82, 2.24) is 9.88 Å². The normalized spacial score (nSPS) is 14.0. The molecule has 1 aromatic heterocycles. The Bertz CT molecular complexity index is 860. The van der Waals surface area contributed by atoms with E-state index in [0.29, 0.717) is 15.7 Å². The van der Waals surface area contributed by atoms with Gasteiger partial charge < -0.3 is 5.32 Å². The lowest BCUT2D eigenvalue weighted by Gasteiger charge is -2.12. The molecule has 1 aromatic carbocycles. The quantitative estimate of drug-likeness (QED) is 0.622. The van der Waals surface area contributed by atoms with Crippen molar-refractivity contribution in [3.05, 3.63) is 35.2 Å². The van der Waals surface area contributed by atoms with Crippen molar-refractivity contribution >= 4 is 40.0 Å². The van der Waals surface area contributed by atoms with Crippen LogP contribution in [0.5, 0.6) is 0 Å². The van der Waals surface area contributed by atoms with Crippen molar-refractivity contribution in [2.45, 2.75) is 26.2 Å². The summed E-state index contributed by atoms with van der Waals surface area (Å²) < 4.78 is 0. The molecule has 0 saturated carbocycles. The van der Waals surface area contributed by atoms with E-state index < -0.39 is 0 Å². The fraction of sp³-hybridized carbons (Fsp3) is 0.278. The molecule has 0 spiro atoms. The van der Waals surface area contributed by atoms with Crippen molar-refractivity contribution in [3.8, 4) is 11.3 Å². The molecule has 134 valence electrons. The van der Waals surface area contributed by atoms with Crippen LogP contribution in [-0.2, 0) is 14.4 Å². The molecule has 3 rings (SSSR count). The summed E-state index contributed by atoms with van der Waals surface area (Å²) in [5.41, 5.74) is 1.33. The monoisotopic (exact) mass is 371 g/mol. The summed E-state index contributed by atoms with van der Waals surface area (Å²) in [6, 6.07) is 9.25. The zero-order valence-electron chi connectivity index (χ0n) is 14.2. The number of carbonyl (C=O) groups excluding carboxylic acids is 4. The Kier molecular flexibility index (Phi) is 5.22. The average Bonchev–Trinajstić information content (AvgIpc) is 3.18. The van der Waals surface area contributed by atoms with Crippen LogP contribution in [0.3, 0.4) is 0 Å². The number of nitrogens with zero attached hydrogens (tertiary/aromatic N) is 2. The van der Waals surface area contributed by atoms with E-state index in [-0.39, 0.29) is 49.3 Å². The number of likely N-dealkylation sites (tertiary alicyclic amines) is 1. The largest absolute Gasteiger partial charge is 0.302 e. The molecule has 1 N–H and O–H groups in total. The van der Waals surface area contributed by atoms with E-state index in [9.17, 15) is 19.2 Å². The van der Waals surface area contributed by atoms with Crippen LogP contribution in [-0.4, -0.2) is 39.9 Å². The molecular formula is C18H17N3O4S. The highest BCUT2D eigenvalue weighted by atomic mass is 32.1. The van der Waals surface area contributed by atoms with Gasteiger partial charge in [-0.2, -0.15) is 0 Å². The molecule has 1 aliphatic heterocycles. The molecule has 2 heterocycles. The zero-order valence-corrected chi connectivity index (χ0v) is 15.0. The summed E-state index contributed by atoms with van der Waals surface area (Å²) in [5.74, 6) is -0.986. The molecule has 3 amide bonds. The lowest BCUT2D eigenvalue weighted by Crippen LogP contribution is -2.32. The molecule has 2 aromatic rings. The zero-order chi connectivity index (χ0) is 18.7. The van der Waals surface area contributed by atoms with E-state index in [1.807, 2.05) is 30.3 Å². The third-order valence-corrected chi connectivity index (χ3v) is 5.03. The second-order valence-electron chi connectivity index (χ2n) is 5.86. The third-order valence-electron chi connectivity index (χ3n) is 3.96. The topological polar surface area (TPSA) is 96.4 Å². The summed E-state index contributed by atoms with van der Waals surface area (Å²) >= 11 is 1.11. The van der Waals surface area contributed by atoms with Gasteiger partial charge in [-0.1, -0.05) is 41.7 Å². The maximum Gasteiger partial charge on any atom is 0.229 e. The van der Waals surface area contributed by atoms with E-state index in [1.54, 1.807) is 0 Å². The molecule has 1 fully saturated rings. The average molecular weight is 371 g/mol. The van der Waals surface area contributed by atoms with Crippen LogP contribution in [0.2, 0.25) is 0 Å². The number of ketones is 1. The Balaban J connectivity index is 1.70. The van der Waals surface area contributed by atoms with E-state index >= 15 is 0 Å². The van der Waals surface area contributed by atoms with Crippen molar-refractivity contribution in [3.63, 3.8) is 0 Å². The van der Waals surface area contributed by atoms with Crippen LogP contribution in [0.25, 0.3) is 11.3 Å². The molecule has 0 aliphatic carbocycles. The number of anilines is 1. The van der Waals surface area contributed by atoms with Gasteiger partial charge in [-0.15, -0.1) is 0 Å². The molecule has 0 bridgehead atoms. The van der Waals surface area contributed by atoms with Gasteiger partial charge in [0.2, 0.25) is 17.7 Å². The van der Waals surface area contributed by atoms with Crippen molar-refractivity contribution in [2.75, 3.05) is 11.9 Å². The number of nitrogens with one attached hydrogen (secondary N) is 1. The fourth-order valence-electron chi connectivity index (χ4n) is 2.67. The minimum atomic E-state index is -0.360. The molecular weight excluding hydrogens is 354 g/mol. The highest BCUT2D eigenvalue weighted by Crippen LogP contribution is 2.31. The Hall–Kier alpha value is -2.87.